The molecular formula is C16H17ClN4O3S. The second kappa shape index (κ2) is 7.47. The highest BCUT2D eigenvalue weighted by atomic mass is 35.5. The number of nitrogens with zero attached hydrogens (tertiary/aromatic N) is 3. The molecule has 1 N–H and O–H groups in total. The van der Waals surface area contributed by atoms with Gasteiger partial charge in [-0.25, -0.2) is 18.4 Å². The monoisotopic (exact) mass is 380 g/mol. The molecule has 0 radical (unpaired) electrons. The number of amides is 1. The Morgan fingerprint density at radius 1 is 1.12 bits per heavy atom. The normalized spacial score (nSPS) is 15.7. The van der Waals surface area contributed by atoms with E-state index in [2.05, 4.69) is 15.3 Å². The number of sulfonamides is 1. The molecule has 1 saturated heterocycles. The summed E-state index contributed by atoms with van der Waals surface area (Å²) in [6, 6.07) is 5.81. The van der Waals surface area contributed by atoms with Crippen molar-refractivity contribution in [1.29, 1.82) is 0 Å². The van der Waals surface area contributed by atoms with E-state index >= 15 is 0 Å². The van der Waals surface area contributed by atoms with E-state index in [1.165, 1.54) is 34.9 Å². The summed E-state index contributed by atoms with van der Waals surface area (Å²) in [5.41, 5.74) is 0.174. The molecule has 0 aliphatic carbocycles. The lowest BCUT2D eigenvalue weighted by Gasteiger charge is -2.26. The van der Waals surface area contributed by atoms with Crippen molar-refractivity contribution >= 4 is 33.5 Å². The molecule has 2 heterocycles. The molecule has 2 aromatic rings. The van der Waals surface area contributed by atoms with Crippen molar-refractivity contribution in [3.63, 3.8) is 0 Å². The molecule has 3 rings (SSSR count). The summed E-state index contributed by atoms with van der Waals surface area (Å²) in [6.45, 7) is 0.930. The number of hydrogen-bond acceptors (Lipinski definition) is 5. The molecule has 0 spiro atoms. The number of halogens is 1. The fraction of sp³-hybridized carbons (Fsp3) is 0.312. The summed E-state index contributed by atoms with van der Waals surface area (Å²) in [5.74, 6) is -0.360. The predicted octanol–water partition coefficient (Wildman–Crippen LogP) is 2.56. The summed E-state index contributed by atoms with van der Waals surface area (Å²) in [6.07, 6.45) is 5.65. The maximum Gasteiger partial charge on any atom is 0.258 e. The van der Waals surface area contributed by atoms with Crippen molar-refractivity contribution in [3.05, 3.63) is 47.2 Å². The molecule has 1 aromatic heterocycles. The lowest BCUT2D eigenvalue weighted by Crippen LogP contribution is -2.35. The van der Waals surface area contributed by atoms with Crippen LogP contribution in [0.2, 0.25) is 5.02 Å². The maximum atomic E-state index is 12.8. The highest BCUT2D eigenvalue weighted by Gasteiger charge is 2.28. The van der Waals surface area contributed by atoms with Gasteiger partial charge < -0.3 is 0 Å². The number of anilines is 1. The molecule has 1 aromatic carbocycles. The third-order valence-corrected chi connectivity index (χ3v) is 6.30. The van der Waals surface area contributed by atoms with Gasteiger partial charge in [-0.2, -0.15) is 4.31 Å². The van der Waals surface area contributed by atoms with Crippen LogP contribution in [0.4, 0.5) is 5.95 Å². The van der Waals surface area contributed by atoms with Gasteiger partial charge in [-0.15, -0.1) is 0 Å². The van der Waals surface area contributed by atoms with Crippen LogP contribution in [0.5, 0.6) is 0 Å². The Kier molecular flexibility index (Phi) is 5.31. The number of nitrogens with one attached hydrogen (secondary N) is 1. The first-order valence-electron chi connectivity index (χ1n) is 7.86. The molecule has 0 bridgehead atoms. The van der Waals surface area contributed by atoms with Crippen LogP contribution in [0.25, 0.3) is 0 Å². The number of carbonyl (C=O) groups is 1. The number of benzene rings is 1. The predicted molar refractivity (Wildman–Crippen MR) is 94.0 cm³/mol. The fourth-order valence-electron chi connectivity index (χ4n) is 2.62. The van der Waals surface area contributed by atoms with Gasteiger partial charge in [0.05, 0.1) is 5.02 Å². The standard InChI is InChI=1S/C16H17ClN4O3S/c17-13-6-5-12(15(22)20-16-18-7-4-8-19-16)11-14(13)25(23,24)21-9-2-1-3-10-21/h4-8,11H,1-3,9-10H2,(H,18,19,20,22). The minimum atomic E-state index is -3.73. The average molecular weight is 381 g/mol. The first kappa shape index (κ1) is 17.8. The van der Waals surface area contributed by atoms with Crippen LogP contribution in [0.15, 0.2) is 41.6 Å². The van der Waals surface area contributed by atoms with Crippen LogP contribution in [-0.2, 0) is 10.0 Å². The Morgan fingerprint density at radius 3 is 2.48 bits per heavy atom. The van der Waals surface area contributed by atoms with Crippen LogP contribution < -0.4 is 5.32 Å². The molecule has 25 heavy (non-hydrogen) atoms. The number of hydrogen-bond donors (Lipinski definition) is 1. The minimum absolute atomic E-state index is 0.0577. The van der Waals surface area contributed by atoms with Crippen LogP contribution in [0.1, 0.15) is 29.6 Å². The van der Waals surface area contributed by atoms with Gasteiger partial charge >= 0.3 is 0 Å². The summed E-state index contributed by atoms with van der Waals surface area (Å²) in [4.78, 5) is 20.1. The van der Waals surface area contributed by atoms with E-state index in [1.54, 1.807) is 6.07 Å². The first-order chi connectivity index (χ1) is 12.0. The van der Waals surface area contributed by atoms with Gasteiger partial charge in [0.2, 0.25) is 16.0 Å². The maximum absolute atomic E-state index is 12.8. The Hall–Kier alpha value is -2.03. The third kappa shape index (κ3) is 3.97. The molecule has 0 unspecified atom stereocenters. The van der Waals surface area contributed by atoms with Crippen molar-refractivity contribution < 1.29 is 13.2 Å². The van der Waals surface area contributed by atoms with Crippen molar-refractivity contribution in [2.45, 2.75) is 24.2 Å². The summed E-state index contributed by atoms with van der Waals surface area (Å²) in [7, 11) is -3.73. The van der Waals surface area contributed by atoms with E-state index in [1.807, 2.05) is 0 Å². The lowest BCUT2D eigenvalue weighted by atomic mass is 10.2. The Balaban J connectivity index is 1.88. The zero-order chi connectivity index (χ0) is 17.9. The number of piperidine rings is 1. The Labute approximate surface area is 151 Å². The molecule has 132 valence electrons. The van der Waals surface area contributed by atoms with Crippen LogP contribution >= 0.6 is 11.6 Å². The van der Waals surface area contributed by atoms with Crippen LogP contribution in [-0.4, -0.2) is 41.7 Å². The SMILES string of the molecule is O=C(Nc1ncccn1)c1ccc(Cl)c(S(=O)(=O)N2CCCCC2)c1. The summed E-state index contributed by atoms with van der Waals surface area (Å²) in [5, 5.41) is 2.62. The minimum Gasteiger partial charge on any atom is -0.290 e. The van der Waals surface area contributed by atoms with Crippen molar-refractivity contribution in [2.75, 3.05) is 18.4 Å². The van der Waals surface area contributed by atoms with E-state index in [9.17, 15) is 13.2 Å². The zero-order valence-corrected chi connectivity index (χ0v) is 14.9. The molecule has 1 amide bonds. The van der Waals surface area contributed by atoms with Gasteiger partial charge in [0.1, 0.15) is 4.90 Å². The van der Waals surface area contributed by atoms with Gasteiger partial charge in [0.15, 0.2) is 0 Å². The fourth-order valence-corrected chi connectivity index (χ4v) is 4.64. The lowest BCUT2D eigenvalue weighted by molar-refractivity contribution is 0.102. The Morgan fingerprint density at radius 2 is 1.80 bits per heavy atom. The second-order valence-corrected chi connectivity index (χ2v) is 7.95. The van der Waals surface area contributed by atoms with Crippen LogP contribution in [0, 0.1) is 0 Å². The first-order valence-corrected chi connectivity index (χ1v) is 9.68. The van der Waals surface area contributed by atoms with E-state index < -0.39 is 15.9 Å². The number of aromatic nitrogens is 2. The Bertz CT molecular complexity index is 868. The van der Waals surface area contributed by atoms with Gasteiger partial charge in [0, 0.05) is 31.0 Å². The van der Waals surface area contributed by atoms with Gasteiger partial charge in [-0.3, -0.25) is 10.1 Å². The summed E-state index contributed by atoms with van der Waals surface area (Å²) >= 11 is 6.10. The molecule has 7 nitrogen and oxygen atoms in total. The largest absolute Gasteiger partial charge is 0.290 e. The highest BCUT2D eigenvalue weighted by Crippen LogP contribution is 2.28. The van der Waals surface area contributed by atoms with E-state index in [4.69, 9.17) is 11.6 Å². The van der Waals surface area contributed by atoms with E-state index in [0.29, 0.717) is 13.1 Å². The highest BCUT2D eigenvalue weighted by molar-refractivity contribution is 7.89. The smallest absolute Gasteiger partial charge is 0.258 e. The van der Waals surface area contributed by atoms with Gasteiger partial charge in [0.25, 0.3) is 5.91 Å². The molecule has 0 saturated carbocycles. The molecule has 9 heteroatoms. The van der Waals surface area contributed by atoms with E-state index in [0.717, 1.165) is 19.3 Å². The number of carbonyl (C=O) groups excluding carboxylic acids is 1. The van der Waals surface area contributed by atoms with Crippen molar-refractivity contribution in [1.82, 2.24) is 14.3 Å². The van der Waals surface area contributed by atoms with Gasteiger partial charge in [-0.05, 0) is 37.1 Å². The van der Waals surface area contributed by atoms with Gasteiger partial charge in [-0.1, -0.05) is 18.0 Å². The average Bonchev–Trinajstić information content (AvgIpc) is 2.63. The quantitative estimate of drug-likeness (QED) is 0.879. The molecule has 1 aliphatic heterocycles. The topological polar surface area (TPSA) is 92.3 Å². The van der Waals surface area contributed by atoms with Crippen molar-refractivity contribution in [2.24, 2.45) is 0 Å². The molecule has 0 atom stereocenters. The molecule has 1 fully saturated rings. The van der Waals surface area contributed by atoms with Crippen molar-refractivity contribution in [3.8, 4) is 0 Å². The van der Waals surface area contributed by atoms with Crippen LogP contribution in [0.3, 0.4) is 0 Å². The molecular weight excluding hydrogens is 364 g/mol. The summed E-state index contributed by atoms with van der Waals surface area (Å²) < 4.78 is 27.1. The van der Waals surface area contributed by atoms with E-state index in [-0.39, 0.29) is 21.4 Å². The second-order valence-electron chi connectivity index (χ2n) is 5.64. The zero-order valence-electron chi connectivity index (χ0n) is 13.4. The number of rotatable bonds is 4. The third-order valence-electron chi connectivity index (χ3n) is 3.92. The molecule has 1 aliphatic rings.